The van der Waals surface area contributed by atoms with Crippen LogP contribution in [0.5, 0.6) is 5.75 Å². The zero-order valence-corrected chi connectivity index (χ0v) is 20.9. The first-order valence-corrected chi connectivity index (χ1v) is 11.8. The fourth-order valence-electron chi connectivity index (χ4n) is 4.69. The summed E-state index contributed by atoms with van der Waals surface area (Å²) < 4.78 is 10.6. The molecule has 1 aromatic carbocycles. The highest BCUT2D eigenvalue weighted by atomic mass is 35.5. The van der Waals surface area contributed by atoms with Gasteiger partial charge in [0.15, 0.2) is 5.82 Å². The maximum absolute atomic E-state index is 11.9. The molecule has 1 unspecified atom stereocenters. The number of rotatable bonds is 7. The number of hydrogen-bond donors (Lipinski definition) is 2. The van der Waals surface area contributed by atoms with Crippen LogP contribution in [0.15, 0.2) is 18.2 Å². The summed E-state index contributed by atoms with van der Waals surface area (Å²) in [5.74, 6) is 2.01. The first-order chi connectivity index (χ1) is 16.2. The highest BCUT2D eigenvalue weighted by Gasteiger charge is 2.49. The first-order valence-electron chi connectivity index (χ1n) is 11.4. The summed E-state index contributed by atoms with van der Waals surface area (Å²) >= 11 is 6.52. The molecule has 2 saturated heterocycles. The van der Waals surface area contributed by atoms with Gasteiger partial charge in [0.25, 0.3) is 0 Å². The van der Waals surface area contributed by atoms with Gasteiger partial charge in [0, 0.05) is 55.0 Å². The number of carbonyl (C=O) groups is 1. The number of aryl methyl sites for hydroxylation is 1. The van der Waals surface area contributed by atoms with Gasteiger partial charge in [-0.3, -0.25) is 0 Å². The van der Waals surface area contributed by atoms with E-state index in [9.17, 15) is 9.90 Å². The van der Waals surface area contributed by atoms with Gasteiger partial charge in [-0.2, -0.15) is 0 Å². The zero-order valence-electron chi connectivity index (χ0n) is 20.1. The number of halogens is 1. The van der Waals surface area contributed by atoms with Crippen LogP contribution in [0.3, 0.4) is 0 Å². The molecule has 0 aliphatic carbocycles. The van der Waals surface area contributed by atoms with E-state index in [1.165, 1.54) is 7.11 Å². The van der Waals surface area contributed by atoms with Crippen molar-refractivity contribution in [2.45, 2.75) is 26.4 Å². The van der Waals surface area contributed by atoms with Crippen LogP contribution >= 0.6 is 11.6 Å². The number of carbonyl (C=O) groups excluding carboxylic acids is 1. The Labute approximate surface area is 205 Å². The number of aliphatic hydroxyl groups excluding tert-OH is 1. The van der Waals surface area contributed by atoms with E-state index in [0.29, 0.717) is 35.2 Å². The normalized spacial score (nSPS) is 17.6. The lowest BCUT2D eigenvalue weighted by Crippen LogP contribution is -2.58. The van der Waals surface area contributed by atoms with Crippen molar-refractivity contribution in [3.8, 4) is 17.1 Å². The average molecular weight is 490 g/mol. The number of nitrogens with one attached hydrogen (secondary N) is 1. The van der Waals surface area contributed by atoms with E-state index in [-0.39, 0.29) is 18.1 Å². The molecule has 2 aliphatic rings. The quantitative estimate of drug-likeness (QED) is 0.612. The van der Waals surface area contributed by atoms with Crippen LogP contribution in [0.25, 0.3) is 11.4 Å². The van der Waals surface area contributed by atoms with E-state index in [1.807, 2.05) is 19.9 Å². The standard InChI is InChI=1S/C24H32ClN5O4/c1-15-16(2)27-21(19-9-18(5-6-20(19)25)34-11-17(31)10-26-3)28-22(15)30-13-24(14-30)7-8-29(12-24)23(32)33-4/h5-6,9,17,26,31H,7-8,10-14H2,1-4H3. The highest BCUT2D eigenvalue weighted by Crippen LogP contribution is 2.43. The summed E-state index contributed by atoms with van der Waals surface area (Å²) in [5.41, 5.74) is 2.68. The largest absolute Gasteiger partial charge is 0.491 e. The fraction of sp³-hybridized carbons (Fsp3) is 0.542. The Bertz CT molecular complexity index is 1060. The van der Waals surface area contributed by atoms with E-state index >= 15 is 0 Å². The zero-order chi connectivity index (χ0) is 24.5. The molecule has 0 bridgehead atoms. The Balaban J connectivity index is 1.53. The Kier molecular flexibility index (Phi) is 7.16. The van der Waals surface area contributed by atoms with Gasteiger partial charge in [-0.25, -0.2) is 14.8 Å². The number of aliphatic hydroxyl groups is 1. The van der Waals surface area contributed by atoms with Gasteiger partial charge < -0.3 is 29.7 Å². The minimum absolute atomic E-state index is 0.0826. The number of likely N-dealkylation sites (tertiary alicyclic amines) is 1. The molecule has 2 fully saturated rings. The number of benzene rings is 1. The summed E-state index contributed by atoms with van der Waals surface area (Å²) in [6.45, 7) is 7.69. The number of methoxy groups -OCH3 is 1. The lowest BCUT2D eigenvalue weighted by molar-refractivity contribution is 0.108. The van der Waals surface area contributed by atoms with Gasteiger partial charge in [0.2, 0.25) is 0 Å². The molecule has 2 N–H and O–H groups in total. The van der Waals surface area contributed by atoms with Crippen LogP contribution in [-0.4, -0.2) is 85.7 Å². The number of ether oxygens (including phenoxy) is 2. The van der Waals surface area contributed by atoms with Crippen molar-refractivity contribution >= 4 is 23.5 Å². The molecule has 2 aliphatic heterocycles. The molecule has 9 nitrogen and oxygen atoms in total. The first kappa shape index (κ1) is 24.5. The van der Waals surface area contributed by atoms with Crippen molar-refractivity contribution in [2.24, 2.45) is 5.41 Å². The van der Waals surface area contributed by atoms with Gasteiger partial charge in [0.1, 0.15) is 24.3 Å². The van der Waals surface area contributed by atoms with Crippen molar-refractivity contribution in [2.75, 3.05) is 58.4 Å². The highest BCUT2D eigenvalue weighted by molar-refractivity contribution is 6.33. The van der Waals surface area contributed by atoms with E-state index in [1.54, 1.807) is 24.1 Å². The van der Waals surface area contributed by atoms with E-state index in [0.717, 1.165) is 43.1 Å². The second-order valence-corrected chi connectivity index (χ2v) is 9.65. The molecule has 0 saturated carbocycles. The maximum Gasteiger partial charge on any atom is 0.409 e. The van der Waals surface area contributed by atoms with Crippen LogP contribution in [0.2, 0.25) is 5.02 Å². The predicted molar refractivity (Wildman–Crippen MR) is 131 cm³/mol. The molecule has 4 rings (SSSR count). The molecule has 2 aromatic rings. The van der Waals surface area contributed by atoms with E-state index in [4.69, 9.17) is 31.0 Å². The number of anilines is 1. The summed E-state index contributed by atoms with van der Waals surface area (Å²) in [7, 11) is 3.20. The Morgan fingerprint density at radius 1 is 1.29 bits per heavy atom. The second-order valence-electron chi connectivity index (χ2n) is 9.24. The van der Waals surface area contributed by atoms with Crippen molar-refractivity contribution in [1.29, 1.82) is 0 Å². The Morgan fingerprint density at radius 2 is 2.06 bits per heavy atom. The third kappa shape index (κ3) is 4.92. The van der Waals surface area contributed by atoms with Crippen LogP contribution in [0.4, 0.5) is 10.6 Å². The van der Waals surface area contributed by atoms with E-state index < -0.39 is 6.10 Å². The Morgan fingerprint density at radius 3 is 2.76 bits per heavy atom. The molecule has 1 aromatic heterocycles. The molecule has 1 spiro atoms. The van der Waals surface area contributed by atoms with Gasteiger partial charge in [-0.15, -0.1) is 0 Å². The third-order valence-electron chi connectivity index (χ3n) is 6.65. The van der Waals surface area contributed by atoms with Crippen LogP contribution < -0.4 is 15.0 Å². The molecular weight excluding hydrogens is 458 g/mol. The lowest BCUT2D eigenvalue weighted by atomic mass is 9.79. The van der Waals surface area contributed by atoms with Crippen molar-refractivity contribution in [3.63, 3.8) is 0 Å². The van der Waals surface area contributed by atoms with Gasteiger partial charge in [-0.1, -0.05) is 11.6 Å². The monoisotopic (exact) mass is 489 g/mol. The van der Waals surface area contributed by atoms with E-state index in [2.05, 4.69) is 10.2 Å². The van der Waals surface area contributed by atoms with Crippen molar-refractivity contribution in [1.82, 2.24) is 20.2 Å². The van der Waals surface area contributed by atoms with Crippen molar-refractivity contribution in [3.05, 3.63) is 34.5 Å². The average Bonchev–Trinajstić information content (AvgIpc) is 3.25. The number of nitrogens with zero attached hydrogens (tertiary/aromatic N) is 4. The second kappa shape index (κ2) is 9.93. The number of aromatic nitrogens is 2. The fourth-order valence-corrected chi connectivity index (χ4v) is 4.89. The molecule has 0 radical (unpaired) electrons. The molecule has 34 heavy (non-hydrogen) atoms. The maximum atomic E-state index is 11.9. The summed E-state index contributed by atoms with van der Waals surface area (Å²) in [5, 5.41) is 13.4. The topological polar surface area (TPSA) is 100 Å². The number of amides is 1. The smallest absolute Gasteiger partial charge is 0.409 e. The summed E-state index contributed by atoms with van der Waals surface area (Å²) in [4.78, 5) is 25.5. The molecule has 184 valence electrons. The molecular formula is C24H32ClN5O4. The molecule has 3 heterocycles. The predicted octanol–water partition coefficient (Wildman–Crippen LogP) is 2.65. The van der Waals surface area contributed by atoms with Gasteiger partial charge >= 0.3 is 6.09 Å². The van der Waals surface area contributed by atoms with Crippen LogP contribution in [0, 0.1) is 19.3 Å². The SMILES string of the molecule is CNCC(O)COc1ccc(Cl)c(-c2nc(C)c(C)c(N3CC4(CCN(C(=O)OC)C4)C3)n2)c1. The van der Waals surface area contributed by atoms with Gasteiger partial charge in [-0.05, 0) is 45.5 Å². The minimum Gasteiger partial charge on any atom is -0.491 e. The Hall–Kier alpha value is -2.62. The lowest BCUT2D eigenvalue weighted by Gasteiger charge is -2.49. The number of likely N-dealkylation sites (N-methyl/N-ethyl adjacent to an activating group) is 1. The third-order valence-corrected chi connectivity index (χ3v) is 6.98. The molecule has 1 atom stereocenters. The molecule has 10 heteroatoms. The van der Waals surface area contributed by atoms with Crippen molar-refractivity contribution < 1.29 is 19.4 Å². The van der Waals surface area contributed by atoms with Gasteiger partial charge in [0.05, 0.1) is 12.1 Å². The van der Waals surface area contributed by atoms with Crippen LogP contribution in [0.1, 0.15) is 17.7 Å². The summed E-state index contributed by atoms with van der Waals surface area (Å²) in [6.07, 6.45) is 0.0825. The van der Waals surface area contributed by atoms with Crippen LogP contribution in [-0.2, 0) is 4.74 Å². The molecule has 1 amide bonds. The minimum atomic E-state index is -0.613. The number of hydrogen-bond acceptors (Lipinski definition) is 8. The summed E-state index contributed by atoms with van der Waals surface area (Å²) in [6, 6.07) is 5.34.